The van der Waals surface area contributed by atoms with Gasteiger partial charge in [0, 0.05) is 23.1 Å². The highest BCUT2D eigenvalue weighted by molar-refractivity contribution is 7.52. The minimum Gasteiger partial charge on any atom is -0.394 e. The van der Waals surface area contributed by atoms with Crippen LogP contribution in [-0.2, 0) is 73.9 Å². The zero-order valence-electron chi connectivity index (χ0n) is 30.9. The molecule has 3 heterocycles. The number of hydrogen-bond donors (Lipinski definition) is 10. The van der Waals surface area contributed by atoms with Gasteiger partial charge in [-0.05, 0) is 0 Å². The molecule has 0 amide bonds. The van der Waals surface area contributed by atoms with Gasteiger partial charge in [-0.25, -0.2) is 14.8 Å². The van der Waals surface area contributed by atoms with E-state index in [9.17, 15) is 39.8 Å². The maximum atomic E-state index is 11.9. The van der Waals surface area contributed by atoms with Gasteiger partial charge in [0.1, 0.15) is 64.2 Å². The summed E-state index contributed by atoms with van der Waals surface area (Å²) in [6, 6.07) is 0. The molecular weight excluding hydrogens is 818 g/mol. The van der Waals surface area contributed by atoms with E-state index in [2.05, 4.69) is 30.0 Å². The van der Waals surface area contributed by atoms with Crippen LogP contribution >= 0.6 is 15.9 Å². The van der Waals surface area contributed by atoms with Gasteiger partial charge in [-0.3, -0.25) is 15.1 Å². The largest absolute Gasteiger partial charge is 0.697 e. The van der Waals surface area contributed by atoms with Crippen molar-refractivity contribution in [2.24, 2.45) is 11.8 Å². The topological polar surface area (TPSA) is 368 Å². The molecule has 10 N–H and O–H groups in total. The third kappa shape index (κ3) is 16.7. The summed E-state index contributed by atoms with van der Waals surface area (Å²) in [6.45, 7) is -3.01. The molecule has 0 spiro atoms. The van der Waals surface area contributed by atoms with Gasteiger partial charge >= 0.3 is 15.9 Å². The summed E-state index contributed by atoms with van der Waals surface area (Å²) < 4.78 is 71.7. The van der Waals surface area contributed by atoms with Crippen LogP contribution in [0.25, 0.3) is 0 Å². The van der Waals surface area contributed by atoms with Crippen LogP contribution in [0.1, 0.15) is 11.6 Å². The Morgan fingerprint density at radius 3 is 1.93 bits per heavy atom. The van der Waals surface area contributed by atoms with Gasteiger partial charge in [0.05, 0.1) is 83.9 Å². The van der Waals surface area contributed by atoms with E-state index >= 15 is 0 Å². The Morgan fingerprint density at radius 1 is 0.684 bits per heavy atom. The van der Waals surface area contributed by atoms with Gasteiger partial charge in [-0.1, -0.05) is 0 Å². The van der Waals surface area contributed by atoms with E-state index in [1.165, 1.54) is 6.66 Å². The summed E-state index contributed by atoms with van der Waals surface area (Å²) in [6.07, 6.45) is -10.1. The monoisotopic (exact) mass is 871 g/mol. The van der Waals surface area contributed by atoms with Crippen LogP contribution in [0.3, 0.4) is 0 Å². The molecule has 28 heteroatoms. The lowest BCUT2D eigenvalue weighted by Gasteiger charge is -2.43. The molecule has 1 aromatic rings. The Morgan fingerprint density at radius 2 is 1.28 bits per heavy atom. The lowest BCUT2D eigenvalue weighted by molar-refractivity contribution is -0.298. The smallest absolute Gasteiger partial charge is 0.394 e. The fourth-order valence-electron chi connectivity index (χ4n) is 5.61. The molecule has 2 aliphatic heterocycles. The minimum atomic E-state index is -3.37. The molecule has 12 atom stereocenters. The van der Waals surface area contributed by atoms with Crippen molar-refractivity contribution in [1.29, 1.82) is 0 Å². The van der Waals surface area contributed by atoms with Gasteiger partial charge in [0.2, 0.25) is 5.95 Å². The van der Waals surface area contributed by atoms with E-state index in [0.717, 1.165) is 0 Å². The van der Waals surface area contributed by atoms with Crippen molar-refractivity contribution in [3.8, 4) is 0 Å². The number of nitrogens with zero attached hydrogens (tertiary/aromatic N) is 3. The van der Waals surface area contributed by atoms with Crippen molar-refractivity contribution in [3.05, 3.63) is 11.6 Å². The van der Waals surface area contributed by atoms with Crippen LogP contribution in [0, 0.1) is 11.8 Å². The molecule has 2 saturated heterocycles. The van der Waals surface area contributed by atoms with Crippen molar-refractivity contribution in [1.82, 2.24) is 15.0 Å². The van der Waals surface area contributed by atoms with Crippen LogP contribution in [0.4, 0.5) is 5.95 Å². The zero-order valence-corrected chi connectivity index (χ0v) is 32.7. The van der Waals surface area contributed by atoms with Crippen LogP contribution < -0.4 is 5.32 Å². The zero-order chi connectivity index (χ0) is 41.8. The van der Waals surface area contributed by atoms with E-state index in [4.69, 9.17) is 57.4 Å². The Balaban J connectivity index is 1.44. The van der Waals surface area contributed by atoms with Gasteiger partial charge in [-0.15, -0.1) is 9.05 Å². The average Bonchev–Trinajstić information content (AvgIpc) is 3.19. The second kappa shape index (κ2) is 26.5. The Kier molecular flexibility index (Phi) is 23.1. The average molecular weight is 872 g/mol. The fourth-order valence-corrected chi connectivity index (χ4v) is 7.03. The number of hydrogen-bond acceptors (Lipinski definition) is 26. The maximum Gasteiger partial charge on any atom is 0.697 e. The molecular formula is C29H53N4O22P2+. The summed E-state index contributed by atoms with van der Waals surface area (Å²) in [4.78, 5) is 20.6. The highest BCUT2D eigenvalue weighted by Crippen LogP contribution is 2.43. The van der Waals surface area contributed by atoms with Crippen molar-refractivity contribution in [2.45, 2.75) is 62.0 Å². The quantitative estimate of drug-likeness (QED) is 0.0126. The van der Waals surface area contributed by atoms with Gasteiger partial charge in [-0.2, -0.15) is 9.97 Å². The molecule has 2 fully saturated rings. The lowest BCUT2D eigenvalue weighted by atomic mass is 9.87. The number of anilines is 1. The third-order valence-corrected chi connectivity index (χ3v) is 10.5. The molecule has 2 aliphatic rings. The summed E-state index contributed by atoms with van der Waals surface area (Å²) >= 11 is 0. The predicted molar refractivity (Wildman–Crippen MR) is 185 cm³/mol. The SMILES string of the molecule is CP(=O)(OCCO)OCCO[P+](=O)OCCOCNc1nc(CO)nc(COCC2OC(COCC3C(CO)OC(COO)C(O)C3O)C(O)C(O)C2COO)n1. The highest BCUT2D eigenvalue weighted by Gasteiger charge is 2.47. The van der Waals surface area contributed by atoms with Crippen molar-refractivity contribution in [3.63, 3.8) is 0 Å². The van der Waals surface area contributed by atoms with Gasteiger partial charge in [0.25, 0.3) is 0 Å². The summed E-state index contributed by atoms with van der Waals surface area (Å²) in [5, 5.41) is 91.2. The van der Waals surface area contributed by atoms with Gasteiger partial charge < -0.3 is 73.8 Å². The molecule has 26 nitrogen and oxygen atoms in total. The lowest BCUT2D eigenvalue weighted by Crippen LogP contribution is -2.59. The normalized spacial score (nSPS) is 29.3. The molecule has 1 aromatic heterocycles. The molecule has 57 heavy (non-hydrogen) atoms. The molecule has 0 radical (unpaired) electrons. The second-order valence-corrected chi connectivity index (χ2v) is 15.5. The van der Waals surface area contributed by atoms with E-state index < -0.39 is 103 Å². The molecule has 0 saturated carbocycles. The van der Waals surface area contributed by atoms with Crippen molar-refractivity contribution >= 4 is 21.8 Å². The van der Waals surface area contributed by atoms with Gasteiger partial charge in [0.15, 0.2) is 11.6 Å². The van der Waals surface area contributed by atoms with Crippen molar-refractivity contribution < 1.29 is 107 Å². The van der Waals surface area contributed by atoms with Crippen LogP contribution in [0.15, 0.2) is 0 Å². The standard InChI is InChI=1S/C29H52N4O22P2/c1-57(44,52-3-2-34)53-7-6-51-56(43)50-5-4-45-16-30-29-32-23(9-36)31-24(33-29)15-47-12-20-18(11-48-41)26(38)27(39)21(55-20)13-46-10-17-19(8-35)54-22(14-49-42)28(40)25(17)37/h17-22,25-28,34-40H,2-16H2,1H3,(H2-,30,31,32,33,41,42)/p+1. The van der Waals surface area contributed by atoms with Crippen LogP contribution in [0.5, 0.6) is 0 Å². The minimum absolute atomic E-state index is 0.00938. The summed E-state index contributed by atoms with van der Waals surface area (Å²) in [5.41, 5.74) is 0. The molecule has 330 valence electrons. The Bertz CT molecular complexity index is 1350. The first kappa shape index (κ1) is 49.7. The molecule has 0 bridgehead atoms. The number of aromatic nitrogens is 3. The first-order valence-corrected chi connectivity index (χ1v) is 20.6. The maximum absolute atomic E-state index is 11.9. The fraction of sp³-hybridized carbons (Fsp3) is 0.897. The Labute approximate surface area is 327 Å². The highest BCUT2D eigenvalue weighted by atomic mass is 31.2. The number of aliphatic hydroxyl groups is 7. The molecule has 3 rings (SSSR count). The number of nitrogens with one attached hydrogen (secondary N) is 1. The van der Waals surface area contributed by atoms with Crippen molar-refractivity contribution in [2.75, 3.05) is 98.0 Å². The first-order chi connectivity index (χ1) is 27.4. The number of ether oxygens (including phenoxy) is 5. The first-order valence-electron chi connectivity index (χ1n) is 17.6. The summed E-state index contributed by atoms with van der Waals surface area (Å²) in [5.74, 6) is -1.82. The van der Waals surface area contributed by atoms with E-state index in [1.807, 2.05) is 0 Å². The van der Waals surface area contributed by atoms with E-state index in [0.29, 0.717) is 0 Å². The number of rotatable bonds is 29. The molecule has 0 aliphatic carbocycles. The van der Waals surface area contributed by atoms with Crippen LogP contribution in [0.2, 0.25) is 0 Å². The molecule has 12 unspecified atom stereocenters. The van der Waals surface area contributed by atoms with E-state index in [1.54, 1.807) is 0 Å². The summed E-state index contributed by atoms with van der Waals surface area (Å²) in [7, 11) is -5.90. The Hall–Kier alpha value is -1.66. The predicted octanol–water partition coefficient (Wildman–Crippen LogP) is -3.00. The number of aliphatic hydroxyl groups excluding tert-OH is 7. The van der Waals surface area contributed by atoms with Crippen LogP contribution in [-0.4, -0.2) is 203 Å². The second-order valence-electron chi connectivity index (χ2n) is 12.5. The van der Waals surface area contributed by atoms with E-state index in [-0.39, 0.29) is 90.4 Å². The molecule has 0 aromatic carbocycles. The third-order valence-electron chi connectivity index (χ3n) is 8.43.